The summed E-state index contributed by atoms with van der Waals surface area (Å²) in [4.78, 5) is 2.08. The number of hydrogen-bond acceptors (Lipinski definition) is 2. The van der Waals surface area contributed by atoms with Crippen LogP contribution in [0.25, 0.3) is 0 Å². The number of fused-ring (bicyclic) bond motifs is 2. The van der Waals surface area contributed by atoms with Crippen molar-refractivity contribution < 1.29 is 35.7 Å². The van der Waals surface area contributed by atoms with Crippen LogP contribution in [0.1, 0.15) is 90.5 Å². The van der Waals surface area contributed by atoms with Gasteiger partial charge in [0, 0.05) is 53.5 Å². The Hall–Kier alpha value is -3.23. The third kappa shape index (κ3) is 6.82. The molecule has 45 heavy (non-hydrogen) atoms. The zero-order valence-electron chi connectivity index (χ0n) is 27.7. The Morgan fingerprint density at radius 2 is 1.38 bits per heavy atom. The number of hydrogen-bond donors (Lipinski definition) is 0. The number of alkyl halides is 6. The number of ether oxygens (including phenoxy) is 1. The van der Waals surface area contributed by atoms with Crippen LogP contribution in [-0.2, 0) is 27.9 Å². The topological polar surface area (TPSA) is 15.5 Å². The van der Waals surface area contributed by atoms with Crippen LogP contribution in [0.15, 0.2) is 60.0 Å². The minimum absolute atomic E-state index is 0.370. The quantitative estimate of drug-likeness (QED) is 0.155. The summed E-state index contributed by atoms with van der Waals surface area (Å²) in [5, 5.41) is 0. The summed E-state index contributed by atoms with van der Waals surface area (Å²) in [6.45, 7) is 17.3. The van der Waals surface area contributed by atoms with E-state index in [1.807, 2.05) is 39.8 Å². The van der Waals surface area contributed by atoms with Gasteiger partial charge in [-0.2, -0.15) is 30.9 Å². The molecule has 2 aliphatic heterocycles. The van der Waals surface area contributed by atoms with E-state index in [4.69, 9.17) is 4.74 Å². The average Bonchev–Trinajstić information content (AvgIpc) is 3.27. The van der Waals surface area contributed by atoms with Crippen molar-refractivity contribution in [2.75, 3.05) is 25.1 Å². The molecular formula is C36H45F6N2O+. The number of benzene rings is 2. The van der Waals surface area contributed by atoms with Crippen molar-refractivity contribution in [2.24, 2.45) is 11.8 Å². The van der Waals surface area contributed by atoms with E-state index in [0.717, 1.165) is 47.8 Å². The highest BCUT2D eigenvalue weighted by molar-refractivity contribution is 6.03. The maximum absolute atomic E-state index is 13.7. The molecule has 0 N–H and O–H groups in total. The van der Waals surface area contributed by atoms with E-state index in [9.17, 15) is 26.3 Å². The van der Waals surface area contributed by atoms with Crippen LogP contribution in [0.4, 0.5) is 37.7 Å². The molecule has 0 radical (unpaired) electrons. The molecule has 0 bridgehead atoms. The fourth-order valence-corrected chi connectivity index (χ4v) is 6.31. The fraction of sp³-hybridized carbons (Fsp3) is 0.528. The van der Waals surface area contributed by atoms with Crippen molar-refractivity contribution in [3.8, 4) is 0 Å². The molecule has 0 fully saturated rings. The largest absolute Gasteiger partial charge is 0.496 e. The number of nitrogens with zero attached hydrogens (tertiary/aromatic N) is 2. The van der Waals surface area contributed by atoms with Crippen LogP contribution in [0, 0.1) is 11.8 Å². The Labute approximate surface area is 263 Å². The second kappa shape index (κ2) is 12.2. The Morgan fingerprint density at radius 3 is 1.91 bits per heavy atom. The first-order chi connectivity index (χ1) is 20.7. The van der Waals surface area contributed by atoms with Gasteiger partial charge in [-0.15, -0.1) is 0 Å². The molecule has 2 aromatic rings. The van der Waals surface area contributed by atoms with E-state index in [-0.39, 0.29) is 0 Å². The summed E-state index contributed by atoms with van der Waals surface area (Å²) < 4.78 is 90.5. The predicted octanol–water partition coefficient (Wildman–Crippen LogP) is 10.4. The molecule has 246 valence electrons. The first-order valence-corrected chi connectivity index (χ1v) is 15.5. The van der Waals surface area contributed by atoms with Gasteiger partial charge in [0.05, 0.1) is 23.7 Å². The molecular weight excluding hydrogens is 590 g/mol. The lowest BCUT2D eigenvalue weighted by atomic mass is 9.80. The van der Waals surface area contributed by atoms with Crippen molar-refractivity contribution in [3.05, 3.63) is 82.3 Å². The molecule has 0 amide bonds. The van der Waals surface area contributed by atoms with Gasteiger partial charge < -0.3 is 9.64 Å². The van der Waals surface area contributed by atoms with E-state index in [2.05, 4.69) is 37.2 Å². The number of allylic oxidation sites excluding steroid dienone is 3. The van der Waals surface area contributed by atoms with Gasteiger partial charge in [0.1, 0.15) is 12.3 Å². The summed E-state index contributed by atoms with van der Waals surface area (Å²) >= 11 is 0. The van der Waals surface area contributed by atoms with Gasteiger partial charge in [0.2, 0.25) is 5.69 Å². The van der Waals surface area contributed by atoms with E-state index < -0.39 is 34.3 Å². The molecule has 0 unspecified atom stereocenters. The van der Waals surface area contributed by atoms with Crippen molar-refractivity contribution in [1.29, 1.82) is 0 Å². The first kappa shape index (κ1) is 34.6. The second-order valence-electron chi connectivity index (χ2n) is 14.0. The predicted molar refractivity (Wildman–Crippen MR) is 168 cm³/mol. The highest BCUT2D eigenvalue weighted by atomic mass is 19.4. The smallest absolute Gasteiger partial charge is 0.416 e. The van der Waals surface area contributed by atoms with Gasteiger partial charge in [0.25, 0.3) is 0 Å². The molecule has 4 rings (SSSR count). The second-order valence-corrected chi connectivity index (χ2v) is 14.0. The Bertz CT molecular complexity index is 1520. The minimum atomic E-state index is -4.47. The number of rotatable bonds is 9. The number of anilines is 1. The van der Waals surface area contributed by atoms with Crippen molar-refractivity contribution >= 4 is 17.1 Å². The van der Waals surface area contributed by atoms with E-state index in [1.54, 1.807) is 12.1 Å². The van der Waals surface area contributed by atoms with Gasteiger partial charge >= 0.3 is 12.4 Å². The summed E-state index contributed by atoms with van der Waals surface area (Å²) in [6, 6.07) is 7.84. The Kier molecular flexibility index (Phi) is 9.37. The Balaban J connectivity index is 1.89. The zero-order valence-corrected chi connectivity index (χ0v) is 27.7. The highest BCUT2D eigenvalue weighted by Gasteiger charge is 2.47. The lowest BCUT2D eigenvalue weighted by molar-refractivity contribution is -0.439. The normalized spacial score (nSPS) is 18.8. The third-order valence-electron chi connectivity index (χ3n) is 9.09. The van der Waals surface area contributed by atoms with Crippen LogP contribution in [0.2, 0.25) is 0 Å². The SMILES string of the molecule is COC(=C\C1=[N+](CCC(C)C)c2ccc(C(F)(F)F)cc2C1(C)C)/C=C1/N(CCC(C)C)c2ccc(C(F)(F)F)cc2C1(C)C. The first-order valence-electron chi connectivity index (χ1n) is 15.5. The molecule has 0 atom stereocenters. The molecule has 0 spiro atoms. The fourth-order valence-electron chi connectivity index (χ4n) is 6.31. The summed E-state index contributed by atoms with van der Waals surface area (Å²) in [5.41, 5.74) is 1.30. The Morgan fingerprint density at radius 1 is 0.822 bits per heavy atom. The maximum atomic E-state index is 13.7. The summed E-state index contributed by atoms with van der Waals surface area (Å²) in [7, 11) is 1.54. The highest BCUT2D eigenvalue weighted by Crippen LogP contribution is 2.50. The van der Waals surface area contributed by atoms with Crippen LogP contribution >= 0.6 is 0 Å². The standard InChI is InChI=1S/C36H45F6N2O/c1-22(2)14-16-43-29-12-10-24(35(37,38)39)18-27(29)33(5,6)31(43)20-26(45-9)21-32-34(7,8)28-19-25(36(40,41)42)11-13-30(28)44(32)17-15-23(3)4/h10-13,18-23H,14-17H2,1-9H3/q+1. The molecule has 0 saturated heterocycles. The van der Waals surface area contributed by atoms with Crippen molar-refractivity contribution in [1.82, 2.24) is 0 Å². The van der Waals surface area contributed by atoms with Crippen LogP contribution in [-0.4, -0.2) is 30.5 Å². The van der Waals surface area contributed by atoms with Crippen LogP contribution < -0.4 is 4.90 Å². The lowest BCUT2D eigenvalue weighted by Crippen LogP contribution is -2.30. The molecule has 9 heteroatoms. The van der Waals surface area contributed by atoms with Gasteiger partial charge in [0.15, 0.2) is 5.71 Å². The zero-order chi connectivity index (χ0) is 33.7. The molecule has 0 saturated carbocycles. The van der Waals surface area contributed by atoms with Crippen LogP contribution in [0.5, 0.6) is 0 Å². The van der Waals surface area contributed by atoms with Gasteiger partial charge in [-0.1, -0.05) is 41.5 Å². The summed E-state index contributed by atoms with van der Waals surface area (Å²) in [5.74, 6) is 1.21. The van der Waals surface area contributed by atoms with Crippen molar-refractivity contribution in [2.45, 2.75) is 91.4 Å². The van der Waals surface area contributed by atoms with E-state index in [0.29, 0.717) is 41.8 Å². The van der Waals surface area contributed by atoms with E-state index >= 15 is 0 Å². The van der Waals surface area contributed by atoms with Gasteiger partial charge in [-0.3, -0.25) is 0 Å². The molecule has 3 nitrogen and oxygen atoms in total. The van der Waals surface area contributed by atoms with Gasteiger partial charge in [-0.25, -0.2) is 0 Å². The van der Waals surface area contributed by atoms with Gasteiger partial charge in [-0.05, 0) is 68.0 Å². The molecule has 0 aromatic heterocycles. The maximum Gasteiger partial charge on any atom is 0.416 e. The third-order valence-corrected chi connectivity index (χ3v) is 9.09. The minimum Gasteiger partial charge on any atom is -0.496 e. The number of halogens is 6. The van der Waals surface area contributed by atoms with E-state index in [1.165, 1.54) is 19.2 Å². The number of methoxy groups -OCH3 is 1. The van der Waals surface area contributed by atoms with Crippen molar-refractivity contribution in [3.63, 3.8) is 0 Å². The lowest BCUT2D eigenvalue weighted by Gasteiger charge is -2.28. The summed E-state index contributed by atoms with van der Waals surface area (Å²) in [6.07, 6.45) is -3.54. The average molecular weight is 636 g/mol. The molecule has 0 aliphatic carbocycles. The monoisotopic (exact) mass is 635 g/mol. The molecule has 2 aromatic carbocycles. The van der Waals surface area contributed by atoms with Crippen LogP contribution in [0.3, 0.4) is 0 Å². The molecule has 2 heterocycles. The molecule has 2 aliphatic rings.